The van der Waals surface area contributed by atoms with E-state index in [2.05, 4.69) is 5.32 Å². The van der Waals surface area contributed by atoms with E-state index in [-0.39, 0.29) is 19.1 Å². The fourth-order valence-electron chi connectivity index (χ4n) is 2.78. The molecule has 116 valence electrons. The van der Waals surface area contributed by atoms with E-state index in [4.69, 9.17) is 9.47 Å². The normalized spacial score (nSPS) is 26.4. The fraction of sp³-hybridized carbons (Fsp3) is 0.857. The quantitative estimate of drug-likeness (QED) is 0.546. The number of hydrogen-bond donors (Lipinski definition) is 2. The molecule has 1 heterocycles. The Hall–Kier alpha value is -1.14. The Bertz CT molecular complexity index is 328. The second-order valence-electron chi connectivity index (χ2n) is 4.99. The number of rotatable bonds is 6. The van der Waals surface area contributed by atoms with Crippen molar-refractivity contribution in [3.63, 3.8) is 0 Å². The molecule has 6 nitrogen and oxygen atoms in total. The second-order valence-corrected chi connectivity index (χ2v) is 4.99. The number of carbonyl (C=O) groups excluding carboxylic acids is 2. The van der Waals surface area contributed by atoms with Gasteiger partial charge in [-0.25, -0.2) is 0 Å². The van der Waals surface area contributed by atoms with Crippen LogP contribution < -0.4 is 5.32 Å². The molecule has 0 radical (unpaired) electrons. The van der Waals surface area contributed by atoms with Crippen molar-refractivity contribution >= 4 is 11.9 Å². The summed E-state index contributed by atoms with van der Waals surface area (Å²) in [6.07, 6.45) is 0.993. The molecule has 1 saturated heterocycles. The maximum atomic E-state index is 12.1. The first-order chi connectivity index (χ1) is 9.51. The predicted molar refractivity (Wildman–Crippen MR) is 73.0 cm³/mol. The smallest absolute Gasteiger partial charge is 0.323 e. The highest BCUT2D eigenvalue weighted by atomic mass is 16.6. The molecule has 1 aliphatic heterocycles. The Morgan fingerprint density at radius 3 is 2.25 bits per heavy atom. The van der Waals surface area contributed by atoms with Crippen LogP contribution in [0.1, 0.15) is 33.6 Å². The molecule has 0 spiro atoms. The zero-order valence-corrected chi connectivity index (χ0v) is 12.5. The van der Waals surface area contributed by atoms with E-state index < -0.39 is 23.5 Å². The van der Waals surface area contributed by atoms with Crippen LogP contribution in [0.5, 0.6) is 0 Å². The van der Waals surface area contributed by atoms with E-state index in [0.717, 1.165) is 0 Å². The molecule has 2 atom stereocenters. The first-order valence-corrected chi connectivity index (χ1v) is 7.27. The number of piperidine rings is 1. The topological polar surface area (TPSA) is 84.9 Å². The molecular formula is C14H25NO5. The van der Waals surface area contributed by atoms with Gasteiger partial charge < -0.3 is 19.9 Å². The monoisotopic (exact) mass is 287 g/mol. The van der Waals surface area contributed by atoms with Crippen LogP contribution in [0.2, 0.25) is 0 Å². The molecule has 0 amide bonds. The van der Waals surface area contributed by atoms with Gasteiger partial charge >= 0.3 is 11.9 Å². The Morgan fingerprint density at radius 2 is 1.80 bits per heavy atom. The molecule has 0 aromatic carbocycles. The lowest BCUT2D eigenvalue weighted by molar-refractivity contribution is -0.182. The summed E-state index contributed by atoms with van der Waals surface area (Å²) in [6.45, 7) is 6.73. The summed E-state index contributed by atoms with van der Waals surface area (Å²) in [6, 6.07) is 0. The highest BCUT2D eigenvalue weighted by Gasteiger charge is 2.53. The fourth-order valence-corrected chi connectivity index (χ4v) is 2.78. The molecule has 0 aromatic rings. The van der Waals surface area contributed by atoms with Crippen molar-refractivity contribution in [2.45, 2.75) is 39.2 Å². The zero-order valence-electron chi connectivity index (χ0n) is 12.5. The molecule has 0 saturated carbocycles. The van der Waals surface area contributed by atoms with Crippen LogP contribution in [-0.4, -0.2) is 48.9 Å². The van der Waals surface area contributed by atoms with Crippen molar-refractivity contribution in [1.29, 1.82) is 0 Å². The molecule has 0 aromatic heterocycles. The lowest BCUT2D eigenvalue weighted by Gasteiger charge is -2.43. The zero-order chi connectivity index (χ0) is 15.2. The van der Waals surface area contributed by atoms with Crippen LogP contribution in [-0.2, 0) is 19.1 Å². The van der Waals surface area contributed by atoms with Gasteiger partial charge in [-0.05, 0) is 33.2 Å². The third-order valence-corrected chi connectivity index (χ3v) is 3.84. The molecule has 6 heteroatoms. The Kier molecular flexibility index (Phi) is 6.42. The number of carbonyl (C=O) groups is 2. The molecule has 0 bridgehead atoms. The van der Waals surface area contributed by atoms with E-state index in [1.54, 1.807) is 13.8 Å². The Morgan fingerprint density at radius 1 is 1.25 bits per heavy atom. The first kappa shape index (κ1) is 16.9. The van der Waals surface area contributed by atoms with Gasteiger partial charge in [-0.3, -0.25) is 9.59 Å². The molecular weight excluding hydrogens is 262 g/mol. The van der Waals surface area contributed by atoms with E-state index >= 15 is 0 Å². The van der Waals surface area contributed by atoms with Gasteiger partial charge in [-0.15, -0.1) is 0 Å². The first-order valence-electron chi connectivity index (χ1n) is 7.27. The Labute approximate surface area is 119 Å². The third-order valence-electron chi connectivity index (χ3n) is 3.84. The molecule has 1 fully saturated rings. The number of nitrogens with one attached hydrogen (secondary N) is 1. The maximum Gasteiger partial charge on any atom is 0.323 e. The largest absolute Gasteiger partial charge is 0.465 e. The molecule has 1 rings (SSSR count). The number of aliphatic hydroxyl groups is 1. The van der Waals surface area contributed by atoms with Crippen molar-refractivity contribution in [2.24, 2.45) is 11.8 Å². The summed E-state index contributed by atoms with van der Waals surface area (Å²) in [5, 5.41) is 14.1. The molecule has 0 aliphatic carbocycles. The lowest BCUT2D eigenvalue weighted by atomic mass is 9.71. The Balaban J connectivity index is 3.05. The molecule has 2 N–H and O–H groups in total. The van der Waals surface area contributed by atoms with Gasteiger partial charge in [0.25, 0.3) is 0 Å². The van der Waals surface area contributed by atoms with Crippen molar-refractivity contribution < 1.29 is 24.2 Å². The van der Waals surface area contributed by atoms with Crippen molar-refractivity contribution in [3.8, 4) is 0 Å². The van der Waals surface area contributed by atoms with Crippen LogP contribution in [0.3, 0.4) is 0 Å². The van der Waals surface area contributed by atoms with E-state index in [9.17, 15) is 14.7 Å². The van der Waals surface area contributed by atoms with Crippen molar-refractivity contribution in [1.82, 2.24) is 5.32 Å². The standard InChI is InChI=1S/C14H25NO5/c1-4-10-9-15-8-7-14(10,18)11(12(16)19-5-2)13(17)20-6-3/h10-11,15,18H,4-9H2,1-3H3. The molecule has 20 heavy (non-hydrogen) atoms. The lowest BCUT2D eigenvalue weighted by Crippen LogP contribution is -2.59. The van der Waals surface area contributed by atoms with Gasteiger partial charge in [0.1, 0.15) is 0 Å². The van der Waals surface area contributed by atoms with Crippen LogP contribution in [0, 0.1) is 11.8 Å². The van der Waals surface area contributed by atoms with Gasteiger partial charge in [0.05, 0.1) is 18.8 Å². The van der Waals surface area contributed by atoms with Gasteiger partial charge in [0.15, 0.2) is 5.92 Å². The van der Waals surface area contributed by atoms with Crippen molar-refractivity contribution in [3.05, 3.63) is 0 Å². The summed E-state index contributed by atoms with van der Waals surface area (Å²) in [5.74, 6) is -2.85. The number of esters is 2. The van der Waals surface area contributed by atoms with Crippen LogP contribution in [0.4, 0.5) is 0 Å². The van der Waals surface area contributed by atoms with Crippen LogP contribution in [0.15, 0.2) is 0 Å². The average Bonchev–Trinajstić information content (AvgIpc) is 2.39. The minimum Gasteiger partial charge on any atom is -0.465 e. The SMILES string of the molecule is CCOC(=O)C(C(=O)OCC)C1(O)CCNCC1CC. The summed E-state index contributed by atoms with van der Waals surface area (Å²) >= 11 is 0. The van der Waals surface area contributed by atoms with Gasteiger partial charge in [0.2, 0.25) is 0 Å². The summed E-state index contributed by atoms with van der Waals surface area (Å²) in [7, 11) is 0. The second kappa shape index (κ2) is 7.59. The summed E-state index contributed by atoms with van der Waals surface area (Å²) < 4.78 is 9.93. The minimum absolute atomic E-state index is 0.167. The average molecular weight is 287 g/mol. The summed E-state index contributed by atoms with van der Waals surface area (Å²) in [4.78, 5) is 24.2. The van der Waals surface area contributed by atoms with E-state index in [1.165, 1.54) is 0 Å². The highest BCUT2D eigenvalue weighted by molar-refractivity contribution is 5.96. The van der Waals surface area contributed by atoms with Crippen molar-refractivity contribution in [2.75, 3.05) is 26.3 Å². The number of hydrogen-bond acceptors (Lipinski definition) is 6. The maximum absolute atomic E-state index is 12.1. The molecule has 1 aliphatic rings. The molecule has 2 unspecified atom stereocenters. The predicted octanol–water partition coefficient (Wildman–Crippen LogP) is 0.479. The van der Waals surface area contributed by atoms with Crippen LogP contribution >= 0.6 is 0 Å². The van der Waals surface area contributed by atoms with E-state index in [1.807, 2.05) is 6.92 Å². The minimum atomic E-state index is -1.40. The number of ether oxygens (including phenoxy) is 2. The van der Waals surface area contributed by atoms with Gasteiger partial charge in [0, 0.05) is 12.5 Å². The van der Waals surface area contributed by atoms with Gasteiger partial charge in [-0.1, -0.05) is 6.92 Å². The summed E-state index contributed by atoms with van der Waals surface area (Å²) in [5.41, 5.74) is -1.40. The van der Waals surface area contributed by atoms with E-state index in [0.29, 0.717) is 25.9 Å². The van der Waals surface area contributed by atoms with Crippen LogP contribution in [0.25, 0.3) is 0 Å². The highest BCUT2D eigenvalue weighted by Crippen LogP contribution is 2.35. The third kappa shape index (κ3) is 3.49. The van der Waals surface area contributed by atoms with Gasteiger partial charge in [-0.2, -0.15) is 0 Å².